The molecule has 5 nitrogen and oxygen atoms in total. The Hall–Kier alpha value is -2.37. The number of benzene rings is 2. The summed E-state index contributed by atoms with van der Waals surface area (Å²) in [5, 5.41) is 7.65. The smallest absolute Gasteiger partial charge is 0.276 e. The zero-order chi connectivity index (χ0) is 16.0. The van der Waals surface area contributed by atoms with Gasteiger partial charge in [-0.1, -0.05) is 41.4 Å². The van der Waals surface area contributed by atoms with Crippen molar-refractivity contribution in [1.29, 1.82) is 0 Å². The van der Waals surface area contributed by atoms with Gasteiger partial charge in [0.15, 0.2) is 5.82 Å². The van der Waals surface area contributed by atoms with E-state index in [1.807, 2.05) is 18.2 Å². The number of nitrogens with zero attached hydrogens (tertiary/aromatic N) is 3. The van der Waals surface area contributed by atoms with E-state index in [1.165, 1.54) is 4.57 Å². The summed E-state index contributed by atoms with van der Waals surface area (Å²) in [7, 11) is 0. The van der Waals surface area contributed by atoms with Crippen molar-refractivity contribution >= 4 is 28.9 Å². The van der Waals surface area contributed by atoms with E-state index in [1.54, 1.807) is 24.3 Å². The maximum Gasteiger partial charge on any atom is 0.348 e. The molecular formula is C16H10Cl2N4O. The Morgan fingerprint density at radius 3 is 2.74 bits per heavy atom. The van der Waals surface area contributed by atoms with Gasteiger partial charge in [0.2, 0.25) is 0 Å². The fraction of sp³-hybridized carbons (Fsp3) is 0.0625. The van der Waals surface area contributed by atoms with Crippen LogP contribution in [0.15, 0.2) is 52.3 Å². The normalized spacial score (nSPS) is 13.0. The van der Waals surface area contributed by atoms with E-state index >= 15 is 0 Å². The summed E-state index contributed by atoms with van der Waals surface area (Å²) in [4.78, 5) is 16.7. The van der Waals surface area contributed by atoms with Crippen LogP contribution in [-0.4, -0.2) is 20.5 Å². The molecule has 0 saturated carbocycles. The third kappa shape index (κ3) is 2.29. The molecule has 0 spiro atoms. The Morgan fingerprint density at radius 2 is 1.91 bits per heavy atom. The molecule has 0 radical (unpaired) electrons. The van der Waals surface area contributed by atoms with Crippen LogP contribution in [0.5, 0.6) is 0 Å². The molecule has 0 amide bonds. The molecule has 0 fully saturated rings. The minimum atomic E-state index is -0.306. The first kappa shape index (κ1) is 14.2. The fourth-order valence-corrected chi connectivity index (χ4v) is 3.09. The number of fused-ring (bicyclic) bond motifs is 3. The Morgan fingerprint density at radius 1 is 1.09 bits per heavy atom. The lowest BCUT2D eigenvalue weighted by molar-refractivity contribution is 0.862. The molecular weight excluding hydrogens is 335 g/mol. The minimum absolute atomic E-state index is 0.269. The Bertz CT molecular complexity index is 1000. The highest BCUT2D eigenvalue weighted by atomic mass is 35.5. The van der Waals surface area contributed by atoms with Crippen LogP contribution in [0.1, 0.15) is 17.0 Å². The summed E-state index contributed by atoms with van der Waals surface area (Å²) in [5.41, 5.74) is 2.60. The van der Waals surface area contributed by atoms with Crippen molar-refractivity contribution in [3.63, 3.8) is 0 Å². The van der Waals surface area contributed by atoms with E-state index < -0.39 is 0 Å². The van der Waals surface area contributed by atoms with Crippen molar-refractivity contribution in [2.24, 2.45) is 4.99 Å². The van der Waals surface area contributed by atoms with Crippen LogP contribution in [0.25, 0.3) is 5.69 Å². The maximum atomic E-state index is 12.1. The number of nitrogens with one attached hydrogen (secondary N) is 1. The predicted molar refractivity (Wildman–Crippen MR) is 90.0 cm³/mol. The molecule has 114 valence electrons. The highest BCUT2D eigenvalue weighted by Crippen LogP contribution is 2.28. The van der Waals surface area contributed by atoms with E-state index in [9.17, 15) is 4.79 Å². The molecule has 3 aromatic rings. The molecule has 0 bridgehead atoms. The predicted octanol–water partition coefficient (Wildman–Crippen LogP) is 3.22. The summed E-state index contributed by atoms with van der Waals surface area (Å²) in [6, 6.07) is 12.8. The zero-order valence-corrected chi connectivity index (χ0v) is 13.3. The molecule has 2 aromatic carbocycles. The standard InChI is InChI=1S/C16H10Cl2N4O/c17-9-5-6-13-11(7-9)15(10-3-1-2-4-12(10)18)19-8-14-20-21-16(23)22(13)14/h1-7H,8H2,(H,21,23). The van der Waals surface area contributed by atoms with Crippen molar-refractivity contribution in [1.82, 2.24) is 14.8 Å². The van der Waals surface area contributed by atoms with E-state index in [0.29, 0.717) is 27.3 Å². The van der Waals surface area contributed by atoms with Gasteiger partial charge < -0.3 is 0 Å². The second kappa shape index (κ2) is 5.37. The Labute approximate surface area is 141 Å². The van der Waals surface area contributed by atoms with Crippen LogP contribution in [0.4, 0.5) is 0 Å². The van der Waals surface area contributed by atoms with Gasteiger partial charge in [-0.05, 0) is 24.3 Å². The van der Waals surface area contributed by atoms with Gasteiger partial charge >= 0.3 is 5.69 Å². The topological polar surface area (TPSA) is 63.0 Å². The second-order valence-electron chi connectivity index (χ2n) is 5.09. The summed E-state index contributed by atoms with van der Waals surface area (Å²) in [6.07, 6.45) is 0. The quantitative estimate of drug-likeness (QED) is 0.736. The highest BCUT2D eigenvalue weighted by molar-refractivity contribution is 6.36. The van der Waals surface area contributed by atoms with Crippen LogP contribution >= 0.6 is 23.2 Å². The summed E-state index contributed by atoms with van der Waals surface area (Å²) < 4.78 is 1.51. The molecule has 4 rings (SSSR count). The zero-order valence-electron chi connectivity index (χ0n) is 11.8. The first-order chi connectivity index (χ1) is 11.1. The third-order valence-corrected chi connectivity index (χ3v) is 4.27. The minimum Gasteiger partial charge on any atom is -0.276 e. The van der Waals surface area contributed by atoms with Gasteiger partial charge in [-0.25, -0.2) is 14.5 Å². The van der Waals surface area contributed by atoms with Crippen LogP contribution in [0.2, 0.25) is 10.0 Å². The van der Waals surface area contributed by atoms with Gasteiger partial charge in [-0.2, -0.15) is 5.10 Å². The van der Waals surface area contributed by atoms with Crippen LogP contribution in [0.3, 0.4) is 0 Å². The van der Waals surface area contributed by atoms with Crippen molar-refractivity contribution in [2.75, 3.05) is 0 Å². The molecule has 1 aromatic heterocycles. The van der Waals surface area contributed by atoms with Gasteiger partial charge in [0.05, 0.1) is 11.4 Å². The monoisotopic (exact) mass is 344 g/mol. The highest BCUT2D eigenvalue weighted by Gasteiger charge is 2.22. The Balaban J connectivity index is 2.05. The molecule has 1 aliphatic heterocycles. The molecule has 0 unspecified atom stereocenters. The lowest BCUT2D eigenvalue weighted by Crippen LogP contribution is -2.18. The summed E-state index contributed by atoms with van der Waals surface area (Å²) in [6.45, 7) is 0.269. The summed E-state index contributed by atoms with van der Waals surface area (Å²) >= 11 is 12.5. The largest absolute Gasteiger partial charge is 0.348 e. The van der Waals surface area contributed by atoms with Crippen molar-refractivity contribution in [3.05, 3.63) is 79.9 Å². The van der Waals surface area contributed by atoms with E-state index in [2.05, 4.69) is 15.2 Å². The number of halogens is 2. The van der Waals surface area contributed by atoms with Crippen molar-refractivity contribution in [3.8, 4) is 5.69 Å². The van der Waals surface area contributed by atoms with Gasteiger partial charge in [0.1, 0.15) is 6.54 Å². The third-order valence-electron chi connectivity index (χ3n) is 3.70. The molecule has 1 N–H and O–H groups in total. The van der Waals surface area contributed by atoms with Gasteiger partial charge in [-0.15, -0.1) is 0 Å². The Kier molecular flexibility index (Phi) is 3.32. The average Bonchev–Trinajstić information content (AvgIpc) is 2.82. The number of aliphatic imine (C=N–C) groups is 1. The van der Waals surface area contributed by atoms with E-state index in [0.717, 1.165) is 11.1 Å². The number of rotatable bonds is 1. The molecule has 1 aliphatic rings. The molecule has 0 atom stereocenters. The maximum absolute atomic E-state index is 12.1. The molecule has 0 saturated heterocycles. The second-order valence-corrected chi connectivity index (χ2v) is 5.93. The first-order valence-corrected chi connectivity index (χ1v) is 7.66. The van der Waals surface area contributed by atoms with Gasteiger partial charge in [0.25, 0.3) is 0 Å². The SMILES string of the molecule is O=c1[nH]nc2n1-c1ccc(Cl)cc1C(c1ccccc1Cl)=NC2. The van der Waals surface area contributed by atoms with Gasteiger partial charge in [-0.3, -0.25) is 4.99 Å². The molecule has 23 heavy (non-hydrogen) atoms. The lowest BCUT2D eigenvalue weighted by Gasteiger charge is -2.12. The van der Waals surface area contributed by atoms with Gasteiger partial charge in [0, 0.05) is 21.2 Å². The molecule has 2 heterocycles. The molecule has 0 aliphatic carbocycles. The average molecular weight is 345 g/mol. The lowest BCUT2D eigenvalue weighted by atomic mass is 10.0. The number of hydrogen-bond acceptors (Lipinski definition) is 3. The summed E-state index contributed by atoms with van der Waals surface area (Å²) in [5.74, 6) is 0.542. The number of aromatic amines is 1. The van der Waals surface area contributed by atoms with Crippen LogP contribution < -0.4 is 5.69 Å². The van der Waals surface area contributed by atoms with Crippen LogP contribution in [-0.2, 0) is 6.54 Å². The molecule has 7 heteroatoms. The van der Waals surface area contributed by atoms with Crippen LogP contribution in [0, 0.1) is 0 Å². The van der Waals surface area contributed by atoms with E-state index in [4.69, 9.17) is 23.2 Å². The number of hydrogen-bond donors (Lipinski definition) is 1. The van der Waals surface area contributed by atoms with E-state index in [-0.39, 0.29) is 12.2 Å². The number of H-pyrrole nitrogens is 1. The van der Waals surface area contributed by atoms with Crippen molar-refractivity contribution < 1.29 is 0 Å². The van der Waals surface area contributed by atoms with Crippen molar-refractivity contribution in [2.45, 2.75) is 6.54 Å². The fourth-order valence-electron chi connectivity index (χ4n) is 2.70. The number of aromatic nitrogens is 3. The first-order valence-electron chi connectivity index (χ1n) is 6.91.